The number of hydrogen-bond acceptors (Lipinski definition) is 5. The van der Waals surface area contributed by atoms with Gasteiger partial charge in [-0.1, -0.05) is 41.5 Å². The van der Waals surface area contributed by atoms with Gasteiger partial charge in [-0.3, -0.25) is 4.98 Å². The largest absolute Gasteiger partial charge is 0.374 e. The van der Waals surface area contributed by atoms with Crippen LogP contribution in [0.1, 0.15) is 11.5 Å². The Kier molecular flexibility index (Phi) is 5.15. The summed E-state index contributed by atoms with van der Waals surface area (Å²) in [6.45, 7) is 5.52. The number of hydrogen-bond donors (Lipinski definition) is 0. The Hall–Kier alpha value is -2.36. The third-order valence-corrected chi connectivity index (χ3v) is 2.74. The van der Waals surface area contributed by atoms with Gasteiger partial charge in [0.15, 0.2) is 0 Å². The molecule has 1 aromatic carbocycles. The molecule has 6 nitrogen and oxygen atoms in total. The van der Waals surface area contributed by atoms with Crippen LogP contribution in [0.25, 0.3) is 16.7 Å². The van der Waals surface area contributed by atoms with E-state index in [-0.39, 0.29) is 20.4 Å². The Labute approximate surface area is 141 Å². The zero-order valence-corrected chi connectivity index (χ0v) is 14.5. The molecule has 0 spiro atoms. The van der Waals surface area contributed by atoms with Crippen molar-refractivity contribution in [2.24, 2.45) is 0 Å². The molecule has 0 aliphatic rings. The van der Waals surface area contributed by atoms with Gasteiger partial charge < -0.3 is 9.97 Å². The van der Waals surface area contributed by atoms with E-state index in [1.807, 2.05) is 31.2 Å². The van der Waals surface area contributed by atoms with Gasteiger partial charge in [-0.15, -0.1) is 0 Å². The number of nitrogens with zero attached hydrogens (tertiary/aromatic N) is 6. The number of para-hydroxylation sites is 1. The molecule has 0 N–H and O–H groups in total. The Morgan fingerprint density at radius 3 is 2.77 bits per heavy atom. The molecule has 0 amide bonds. The molecule has 0 fully saturated rings. The van der Waals surface area contributed by atoms with E-state index in [2.05, 4.69) is 38.3 Å². The van der Waals surface area contributed by atoms with Gasteiger partial charge in [-0.25, -0.2) is 11.4 Å². The monoisotopic (exact) mass is 463 g/mol. The first kappa shape index (κ1) is 16.0. The smallest absolute Gasteiger partial charge is 0.248 e. The quantitative estimate of drug-likeness (QED) is 0.374. The molecule has 0 bridgehead atoms. The van der Waals surface area contributed by atoms with Crippen molar-refractivity contribution in [1.29, 1.82) is 0 Å². The summed E-state index contributed by atoms with van der Waals surface area (Å²) in [7, 11) is 0. The van der Waals surface area contributed by atoms with Crippen molar-refractivity contribution in [2.75, 3.05) is 0 Å². The summed E-state index contributed by atoms with van der Waals surface area (Å²) in [5, 5.41) is 5.13. The third kappa shape index (κ3) is 3.64. The SMILES string of the molecule is [CH2-]c1ccn2nc(C)nc2n1.[Re].[c-]1ncc2ccccc2n1. The molecule has 0 unspecified atom stereocenters. The van der Waals surface area contributed by atoms with Crippen LogP contribution in [0.3, 0.4) is 0 Å². The molecule has 0 saturated carbocycles. The summed E-state index contributed by atoms with van der Waals surface area (Å²) in [5.41, 5.74) is 1.66. The van der Waals surface area contributed by atoms with Crippen molar-refractivity contribution in [3.8, 4) is 0 Å². The molecule has 1 radical (unpaired) electrons. The molecule has 0 saturated heterocycles. The Balaban J connectivity index is 0.000000154. The zero-order chi connectivity index (χ0) is 14.7. The summed E-state index contributed by atoms with van der Waals surface area (Å²) in [5.74, 6) is 1.33. The number of fused-ring (bicyclic) bond motifs is 2. The summed E-state index contributed by atoms with van der Waals surface area (Å²) >= 11 is 0. The van der Waals surface area contributed by atoms with Crippen LogP contribution >= 0.6 is 0 Å². The van der Waals surface area contributed by atoms with Crippen molar-refractivity contribution >= 4 is 16.7 Å². The predicted octanol–water partition coefficient (Wildman–Crippen LogP) is 2.04. The molecule has 0 aliphatic heterocycles. The fraction of sp³-hybridized carbons (Fsp3) is 0.0667. The number of rotatable bonds is 0. The van der Waals surface area contributed by atoms with E-state index in [0.717, 1.165) is 16.7 Å². The molecule has 3 aromatic heterocycles. The van der Waals surface area contributed by atoms with E-state index in [1.54, 1.807) is 23.0 Å². The van der Waals surface area contributed by atoms with Gasteiger partial charge in [0, 0.05) is 26.8 Å². The average Bonchev–Trinajstić information content (AvgIpc) is 2.87. The van der Waals surface area contributed by atoms with E-state index in [1.165, 1.54) is 0 Å². The van der Waals surface area contributed by atoms with E-state index in [4.69, 9.17) is 0 Å². The summed E-state index contributed by atoms with van der Waals surface area (Å²) in [4.78, 5) is 15.9. The molecule has 7 heteroatoms. The van der Waals surface area contributed by atoms with Gasteiger partial charge in [0.25, 0.3) is 0 Å². The molecular formula is C15H12N6Re-2. The van der Waals surface area contributed by atoms with Gasteiger partial charge in [0.2, 0.25) is 5.78 Å². The van der Waals surface area contributed by atoms with Crippen LogP contribution in [0, 0.1) is 20.2 Å². The Bertz CT molecular complexity index is 824. The predicted molar refractivity (Wildman–Crippen MR) is 78.4 cm³/mol. The fourth-order valence-electron chi connectivity index (χ4n) is 1.80. The molecular weight excluding hydrogens is 450 g/mol. The second kappa shape index (κ2) is 7.07. The Morgan fingerprint density at radius 2 is 1.95 bits per heavy atom. The molecule has 3 heterocycles. The van der Waals surface area contributed by atoms with Crippen LogP contribution in [0.5, 0.6) is 0 Å². The molecule has 4 aromatic rings. The average molecular weight is 463 g/mol. The molecule has 0 aliphatic carbocycles. The second-order valence-corrected chi connectivity index (χ2v) is 4.35. The second-order valence-electron chi connectivity index (χ2n) is 4.35. The topological polar surface area (TPSA) is 68.9 Å². The van der Waals surface area contributed by atoms with Crippen LogP contribution in [-0.2, 0) is 20.4 Å². The summed E-state index contributed by atoms with van der Waals surface area (Å²) in [6.07, 6.45) is 6.08. The minimum Gasteiger partial charge on any atom is -0.374 e. The van der Waals surface area contributed by atoms with E-state index >= 15 is 0 Å². The molecule has 22 heavy (non-hydrogen) atoms. The minimum absolute atomic E-state index is 0. The van der Waals surface area contributed by atoms with Crippen molar-refractivity contribution in [1.82, 2.24) is 29.5 Å². The van der Waals surface area contributed by atoms with Crippen LogP contribution in [-0.4, -0.2) is 29.5 Å². The molecule has 4 rings (SSSR count). The van der Waals surface area contributed by atoms with Gasteiger partial charge in [0.1, 0.15) is 5.82 Å². The first-order chi connectivity index (χ1) is 10.2. The normalized spacial score (nSPS) is 9.86. The first-order valence-electron chi connectivity index (χ1n) is 6.32. The molecule has 0 atom stereocenters. The van der Waals surface area contributed by atoms with Crippen LogP contribution in [0.2, 0.25) is 0 Å². The number of aromatic nitrogens is 6. The van der Waals surface area contributed by atoms with E-state index in [9.17, 15) is 0 Å². The molecule has 111 valence electrons. The van der Waals surface area contributed by atoms with Crippen molar-refractivity contribution in [3.63, 3.8) is 0 Å². The maximum atomic E-state index is 4.07. The van der Waals surface area contributed by atoms with Crippen LogP contribution < -0.4 is 0 Å². The first-order valence-corrected chi connectivity index (χ1v) is 6.32. The fourth-order valence-corrected chi connectivity index (χ4v) is 1.80. The van der Waals surface area contributed by atoms with Gasteiger partial charge >= 0.3 is 0 Å². The standard InChI is InChI=1S/C8H5N2.C7H7N4.Re/c1-2-4-8-7(3-1)5-9-6-10-8;1-5-3-4-11-7(8-5)9-6(2)10-11;/h1-5H;3-4H,1H2,2H3;/q2*-1;. The van der Waals surface area contributed by atoms with Crippen LogP contribution in [0.15, 0.2) is 42.7 Å². The van der Waals surface area contributed by atoms with Crippen molar-refractivity contribution in [3.05, 3.63) is 67.5 Å². The summed E-state index contributed by atoms with van der Waals surface area (Å²) < 4.78 is 1.63. The maximum Gasteiger partial charge on any atom is 0.248 e. The number of aryl methyl sites for hydroxylation is 1. The van der Waals surface area contributed by atoms with Gasteiger partial charge in [0.05, 0.1) is 0 Å². The minimum atomic E-state index is 0. The third-order valence-electron chi connectivity index (χ3n) is 2.74. The maximum absolute atomic E-state index is 4.07. The van der Waals surface area contributed by atoms with Gasteiger partial charge in [-0.2, -0.15) is 16.1 Å². The van der Waals surface area contributed by atoms with Crippen LogP contribution in [0.4, 0.5) is 0 Å². The zero-order valence-electron chi connectivity index (χ0n) is 11.8. The van der Waals surface area contributed by atoms with Crippen molar-refractivity contribution in [2.45, 2.75) is 6.92 Å². The summed E-state index contributed by atoms with van der Waals surface area (Å²) in [6, 6.07) is 9.62. The van der Waals surface area contributed by atoms with Crippen molar-refractivity contribution < 1.29 is 20.4 Å². The van der Waals surface area contributed by atoms with E-state index < -0.39 is 0 Å². The Morgan fingerprint density at radius 1 is 1.14 bits per heavy atom. The van der Waals surface area contributed by atoms with E-state index in [0.29, 0.717) is 11.5 Å². The van der Waals surface area contributed by atoms with Gasteiger partial charge in [-0.05, 0) is 18.6 Å². The number of benzene rings is 1.